The van der Waals surface area contributed by atoms with Crippen molar-refractivity contribution in [2.24, 2.45) is 0 Å². The summed E-state index contributed by atoms with van der Waals surface area (Å²) in [6, 6.07) is 0.0953. The average molecular weight is 273 g/mol. The van der Waals surface area contributed by atoms with Crippen LogP contribution in [-0.4, -0.2) is 46.5 Å². The van der Waals surface area contributed by atoms with Crippen molar-refractivity contribution in [3.8, 4) is 0 Å². The maximum atomic E-state index is 11.6. The summed E-state index contributed by atoms with van der Waals surface area (Å²) in [4.78, 5) is 0. The molecular weight excluding hydrogens is 252 g/mol. The first-order valence-electron chi connectivity index (χ1n) is 5.42. The summed E-state index contributed by atoms with van der Waals surface area (Å²) < 4.78 is 30.9. The Bertz CT molecular complexity index is 266. The Morgan fingerprint density at radius 1 is 1.38 bits per heavy atom. The monoisotopic (exact) mass is 272 g/mol. The highest BCUT2D eigenvalue weighted by atomic mass is 35.5. The minimum atomic E-state index is -3.16. The van der Waals surface area contributed by atoms with Gasteiger partial charge in [0.25, 0.3) is 0 Å². The van der Waals surface area contributed by atoms with Crippen LogP contribution < -0.4 is 10.0 Å². The molecule has 0 amide bonds. The molecule has 1 heterocycles. The van der Waals surface area contributed by atoms with Gasteiger partial charge in [0, 0.05) is 12.6 Å². The van der Waals surface area contributed by atoms with Gasteiger partial charge in [-0.25, -0.2) is 13.1 Å². The van der Waals surface area contributed by atoms with Crippen molar-refractivity contribution in [1.82, 2.24) is 10.0 Å². The van der Waals surface area contributed by atoms with E-state index in [0.29, 0.717) is 6.61 Å². The second-order valence-electron chi connectivity index (χ2n) is 3.66. The van der Waals surface area contributed by atoms with Gasteiger partial charge in [0.2, 0.25) is 10.0 Å². The van der Waals surface area contributed by atoms with Gasteiger partial charge < -0.3 is 10.1 Å². The van der Waals surface area contributed by atoms with E-state index in [4.69, 9.17) is 4.74 Å². The van der Waals surface area contributed by atoms with Crippen LogP contribution in [0.5, 0.6) is 0 Å². The smallest absolute Gasteiger partial charge is 0.214 e. The largest absolute Gasteiger partial charge is 0.381 e. The Morgan fingerprint density at radius 2 is 2.00 bits per heavy atom. The minimum Gasteiger partial charge on any atom is -0.381 e. The van der Waals surface area contributed by atoms with Gasteiger partial charge in [-0.1, -0.05) is 0 Å². The zero-order chi connectivity index (χ0) is 11.1. The Hall–Kier alpha value is 0.120. The van der Waals surface area contributed by atoms with E-state index in [1.165, 1.54) is 0 Å². The number of hydrogen-bond donors (Lipinski definition) is 2. The fourth-order valence-electron chi connectivity index (χ4n) is 1.57. The van der Waals surface area contributed by atoms with Crippen LogP contribution in [0.3, 0.4) is 0 Å². The van der Waals surface area contributed by atoms with E-state index in [1.807, 2.05) is 6.92 Å². The highest BCUT2D eigenvalue weighted by molar-refractivity contribution is 7.89. The number of nitrogens with one attached hydrogen (secondary N) is 2. The fraction of sp³-hybridized carbons (Fsp3) is 1.00. The predicted molar refractivity (Wildman–Crippen MR) is 66.6 cm³/mol. The molecule has 1 rings (SSSR count). The van der Waals surface area contributed by atoms with Crippen LogP contribution >= 0.6 is 12.4 Å². The molecule has 5 nitrogen and oxygen atoms in total. The van der Waals surface area contributed by atoms with Gasteiger partial charge in [-0.3, -0.25) is 0 Å². The molecule has 0 unspecified atom stereocenters. The first-order valence-corrected chi connectivity index (χ1v) is 7.08. The van der Waals surface area contributed by atoms with E-state index in [-0.39, 0.29) is 30.8 Å². The maximum absolute atomic E-state index is 11.6. The van der Waals surface area contributed by atoms with E-state index < -0.39 is 10.0 Å². The van der Waals surface area contributed by atoms with Gasteiger partial charge in [0.15, 0.2) is 0 Å². The number of piperidine rings is 1. The molecular formula is C9H21ClN2O3S. The summed E-state index contributed by atoms with van der Waals surface area (Å²) in [5.41, 5.74) is 0. The van der Waals surface area contributed by atoms with Crippen LogP contribution in [0.25, 0.3) is 0 Å². The van der Waals surface area contributed by atoms with Crippen molar-refractivity contribution >= 4 is 22.4 Å². The summed E-state index contributed by atoms with van der Waals surface area (Å²) >= 11 is 0. The van der Waals surface area contributed by atoms with Crippen molar-refractivity contribution in [3.05, 3.63) is 0 Å². The third kappa shape index (κ3) is 6.65. The number of ether oxygens (including phenoxy) is 1. The number of sulfonamides is 1. The molecule has 1 fully saturated rings. The van der Waals surface area contributed by atoms with E-state index >= 15 is 0 Å². The standard InChI is InChI=1S/C9H20N2O3S.ClH/c1-2-14-7-8-15(12,13)11-9-3-5-10-6-4-9;/h9-11H,2-8H2,1H3;1H. The molecule has 0 atom stereocenters. The molecule has 0 bridgehead atoms. The zero-order valence-corrected chi connectivity index (χ0v) is 11.2. The SMILES string of the molecule is CCOCCS(=O)(=O)NC1CCNCC1.Cl. The third-order valence-electron chi connectivity index (χ3n) is 2.39. The second-order valence-corrected chi connectivity index (χ2v) is 5.53. The van der Waals surface area contributed by atoms with Crippen LogP contribution in [0.2, 0.25) is 0 Å². The molecule has 0 radical (unpaired) electrons. The van der Waals surface area contributed by atoms with Gasteiger partial charge in [0.05, 0.1) is 12.4 Å². The average Bonchev–Trinajstić information content (AvgIpc) is 2.18. The van der Waals surface area contributed by atoms with Crippen molar-refractivity contribution in [3.63, 3.8) is 0 Å². The first-order chi connectivity index (χ1) is 7.14. The normalized spacial score (nSPS) is 18.1. The molecule has 1 aliphatic rings. The van der Waals surface area contributed by atoms with Gasteiger partial charge in [-0.2, -0.15) is 0 Å². The molecule has 2 N–H and O–H groups in total. The molecule has 0 aromatic heterocycles. The molecule has 1 saturated heterocycles. The predicted octanol–water partition coefficient (Wildman–Crippen LogP) is 0.116. The Labute approximate surface area is 104 Å². The van der Waals surface area contributed by atoms with Crippen molar-refractivity contribution < 1.29 is 13.2 Å². The molecule has 98 valence electrons. The first kappa shape index (κ1) is 16.1. The van der Waals surface area contributed by atoms with Crippen LogP contribution in [0.4, 0.5) is 0 Å². The van der Waals surface area contributed by atoms with E-state index in [9.17, 15) is 8.42 Å². The topological polar surface area (TPSA) is 67.4 Å². The Kier molecular flexibility index (Phi) is 8.31. The molecule has 0 spiro atoms. The maximum Gasteiger partial charge on any atom is 0.214 e. The van der Waals surface area contributed by atoms with E-state index in [0.717, 1.165) is 25.9 Å². The zero-order valence-electron chi connectivity index (χ0n) is 9.57. The molecule has 1 aliphatic heterocycles. The molecule has 7 heteroatoms. The van der Waals surface area contributed by atoms with Gasteiger partial charge in [-0.15, -0.1) is 12.4 Å². The summed E-state index contributed by atoms with van der Waals surface area (Å²) in [7, 11) is -3.16. The van der Waals surface area contributed by atoms with E-state index in [2.05, 4.69) is 10.0 Å². The number of rotatable bonds is 6. The minimum absolute atomic E-state index is 0. The molecule has 0 aromatic carbocycles. The molecule has 0 saturated carbocycles. The van der Waals surface area contributed by atoms with Gasteiger partial charge in [0.1, 0.15) is 0 Å². The lowest BCUT2D eigenvalue weighted by atomic mass is 10.1. The van der Waals surface area contributed by atoms with Crippen molar-refractivity contribution in [2.75, 3.05) is 32.1 Å². The van der Waals surface area contributed by atoms with Gasteiger partial charge in [-0.05, 0) is 32.9 Å². The van der Waals surface area contributed by atoms with Gasteiger partial charge >= 0.3 is 0 Å². The summed E-state index contributed by atoms with van der Waals surface area (Å²) in [6.45, 7) is 4.46. The lowest BCUT2D eigenvalue weighted by Crippen LogP contribution is -2.43. The summed E-state index contributed by atoms with van der Waals surface area (Å²) in [5, 5.41) is 3.19. The number of halogens is 1. The Balaban J connectivity index is 0.00000225. The highest BCUT2D eigenvalue weighted by Crippen LogP contribution is 2.03. The van der Waals surface area contributed by atoms with Crippen LogP contribution in [-0.2, 0) is 14.8 Å². The van der Waals surface area contributed by atoms with E-state index in [1.54, 1.807) is 0 Å². The van der Waals surface area contributed by atoms with Crippen molar-refractivity contribution in [1.29, 1.82) is 0 Å². The molecule has 16 heavy (non-hydrogen) atoms. The third-order valence-corrected chi connectivity index (χ3v) is 3.78. The molecule has 0 aliphatic carbocycles. The molecule has 0 aromatic rings. The lowest BCUT2D eigenvalue weighted by molar-refractivity contribution is 0.163. The van der Waals surface area contributed by atoms with Crippen LogP contribution in [0.15, 0.2) is 0 Å². The fourth-order valence-corrected chi connectivity index (χ4v) is 2.76. The summed E-state index contributed by atoms with van der Waals surface area (Å²) in [6.07, 6.45) is 1.74. The number of hydrogen-bond acceptors (Lipinski definition) is 4. The lowest BCUT2D eigenvalue weighted by Gasteiger charge is -2.23. The van der Waals surface area contributed by atoms with Crippen molar-refractivity contribution in [2.45, 2.75) is 25.8 Å². The summed E-state index contributed by atoms with van der Waals surface area (Å²) in [5.74, 6) is 0.0603. The van der Waals surface area contributed by atoms with Crippen LogP contribution in [0, 0.1) is 0 Å². The highest BCUT2D eigenvalue weighted by Gasteiger charge is 2.19. The second kappa shape index (κ2) is 8.25. The quantitative estimate of drug-likeness (QED) is 0.674. The van der Waals surface area contributed by atoms with Crippen LogP contribution in [0.1, 0.15) is 19.8 Å². The Morgan fingerprint density at radius 3 is 2.56 bits per heavy atom.